The van der Waals surface area contributed by atoms with E-state index < -0.39 is 0 Å². The third kappa shape index (κ3) is 2.75. The van der Waals surface area contributed by atoms with Crippen LogP contribution < -0.4 is 11.1 Å². The van der Waals surface area contributed by atoms with Crippen LogP contribution in [0.1, 0.15) is 43.7 Å². The van der Waals surface area contributed by atoms with Gasteiger partial charge in [-0.25, -0.2) is 0 Å². The fourth-order valence-electron chi connectivity index (χ4n) is 3.05. The van der Waals surface area contributed by atoms with E-state index in [1.807, 2.05) is 0 Å². The Bertz CT molecular complexity index is 501. The number of guanidine groups is 1. The van der Waals surface area contributed by atoms with Crippen LogP contribution >= 0.6 is 0 Å². The third-order valence-corrected chi connectivity index (χ3v) is 4.56. The molecule has 1 aromatic rings. The standard InChI is InChI=1S/C16H23N3/c1-16(8-3-9-16)11-18-15(17)19-14-7-6-12-4-2-5-13(12)10-14/h6-7,10H,2-5,8-9,11H2,1H3,(H3,17,18,19). The molecule has 0 spiro atoms. The van der Waals surface area contributed by atoms with Crippen molar-refractivity contribution in [2.24, 2.45) is 16.1 Å². The largest absolute Gasteiger partial charge is 0.370 e. The first kappa shape index (κ1) is 12.5. The number of anilines is 1. The summed E-state index contributed by atoms with van der Waals surface area (Å²) in [6.45, 7) is 3.14. The average molecular weight is 257 g/mol. The number of hydrogen-bond donors (Lipinski definition) is 2. The Morgan fingerprint density at radius 1 is 1.26 bits per heavy atom. The van der Waals surface area contributed by atoms with E-state index in [1.165, 1.54) is 49.7 Å². The average Bonchev–Trinajstić information content (AvgIpc) is 2.81. The number of rotatable bonds is 3. The summed E-state index contributed by atoms with van der Waals surface area (Å²) in [6, 6.07) is 6.54. The molecule has 0 radical (unpaired) electrons. The van der Waals surface area contributed by atoms with E-state index in [0.29, 0.717) is 11.4 Å². The van der Waals surface area contributed by atoms with Gasteiger partial charge in [0.25, 0.3) is 0 Å². The predicted octanol–water partition coefficient (Wildman–Crippen LogP) is 3.09. The van der Waals surface area contributed by atoms with Crippen LogP contribution in [-0.2, 0) is 12.8 Å². The van der Waals surface area contributed by atoms with Gasteiger partial charge in [0.1, 0.15) is 0 Å². The van der Waals surface area contributed by atoms with Gasteiger partial charge < -0.3 is 11.1 Å². The summed E-state index contributed by atoms with van der Waals surface area (Å²) in [5, 5.41) is 3.22. The second kappa shape index (κ2) is 4.87. The predicted molar refractivity (Wildman–Crippen MR) is 80.5 cm³/mol. The van der Waals surface area contributed by atoms with E-state index in [-0.39, 0.29) is 0 Å². The molecule has 2 aliphatic rings. The van der Waals surface area contributed by atoms with Crippen LogP contribution in [0, 0.1) is 5.41 Å². The molecule has 0 aliphatic heterocycles. The Kier molecular flexibility index (Phi) is 3.21. The van der Waals surface area contributed by atoms with Gasteiger partial charge in [0.15, 0.2) is 5.96 Å². The zero-order chi connectivity index (χ0) is 13.3. The highest BCUT2D eigenvalue weighted by Crippen LogP contribution is 2.40. The van der Waals surface area contributed by atoms with Crippen molar-refractivity contribution in [1.82, 2.24) is 0 Å². The number of aliphatic imine (C=N–C) groups is 1. The first-order valence-corrected chi connectivity index (χ1v) is 7.33. The fourth-order valence-corrected chi connectivity index (χ4v) is 3.05. The molecule has 3 heteroatoms. The Morgan fingerprint density at radius 3 is 2.79 bits per heavy atom. The van der Waals surface area contributed by atoms with Gasteiger partial charge in [-0.15, -0.1) is 0 Å². The molecule has 3 nitrogen and oxygen atoms in total. The van der Waals surface area contributed by atoms with Crippen molar-refractivity contribution < 1.29 is 0 Å². The molecule has 0 unspecified atom stereocenters. The van der Waals surface area contributed by atoms with Gasteiger partial charge in [0, 0.05) is 12.2 Å². The van der Waals surface area contributed by atoms with Crippen LogP contribution in [0.2, 0.25) is 0 Å². The molecule has 1 aromatic carbocycles. The van der Waals surface area contributed by atoms with E-state index in [2.05, 4.69) is 35.4 Å². The van der Waals surface area contributed by atoms with E-state index >= 15 is 0 Å². The third-order valence-electron chi connectivity index (χ3n) is 4.56. The van der Waals surface area contributed by atoms with Gasteiger partial charge in [0.2, 0.25) is 0 Å². The molecule has 0 saturated heterocycles. The van der Waals surface area contributed by atoms with Crippen molar-refractivity contribution in [1.29, 1.82) is 0 Å². The lowest BCUT2D eigenvalue weighted by Crippen LogP contribution is -2.31. The molecule has 0 atom stereocenters. The smallest absolute Gasteiger partial charge is 0.193 e. The monoisotopic (exact) mass is 257 g/mol. The lowest BCUT2D eigenvalue weighted by Gasteiger charge is -2.36. The summed E-state index contributed by atoms with van der Waals surface area (Å²) in [5.74, 6) is 0.547. The van der Waals surface area contributed by atoms with Crippen molar-refractivity contribution in [3.8, 4) is 0 Å². The highest BCUT2D eigenvalue weighted by atomic mass is 15.1. The van der Waals surface area contributed by atoms with Crippen molar-refractivity contribution >= 4 is 11.6 Å². The molecular formula is C16H23N3. The Balaban J connectivity index is 1.62. The highest BCUT2D eigenvalue weighted by molar-refractivity contribution is 5.92. The van der Waals surface area contributed by atoms with E-state index in [9.17, 15) is 0 Å². The summed E-state index contributed by atoms with van der Waals surface area (Å²) >= 11 is 0. The Morgan fingerprint density at radius 2 is 2.05 bits per heavy atom. The molecule has 1 fully saturated rings. The van der Waals surface area contributed by atoms with E-state index in [1.54, 1.807) is 0 Å². The van der Waals surface area contributed by atoms with E-state index in [0.717, 1.165) is 12.2 Å². The lowest BCUT2D eigenvalue weighted by atomic mass is 9.71. The summed E-state index contributed by atoms with van der Waals surface area (Å²) in [7, 11) is 0. The lowest BCUT2D eigenvalue weighted by molar-refractivity contribution is 0.174. The van der Waals surface area contributed by atoms with Crippen LogP contribution in [0.3, 0.4) is 0 Å². The number of nitrogens with two attached hydrogens (primary N) is 1. The normalized spacial score (nSPS) is 20.8. The molecule has 102 valence electrons. The fraction of sp³-hybridized carbons (Fsp3) is 0.562. The molecule has 2 aliphatic carbocycles. The maximum Gasteiger partial charge on any atom is 0.193 e. The molecule has 0 aromatic heterocycles. The molecule has 19 heavy (non-hydrogen) atoms. The number of nitrogens with zero attached hydrogens (tertiary/aromatic N) is 1. The van der Waals surface area contributed by atoms with Gasteiger partial charge in [-0.1, -0.05) is 19.4 Å². The van der Waals surface area contributed by atoms with Gasteiger partial charge in [-0.2, -0.15) is 0 Å². The minimum atomic E-state index is 0.393. The maximum atomic E-state index is 5.98. The molecule has 0 bridgehead atoms. The molecular weight excluding hydrogens is 234 g/mol. The number of aryl methyl sites for hydroxylation is 2. The number of hydrogen-bond acceptors (Lipinski definition) is 1. The number of nitrogens with one attached hydrogen (secondary N) is 1. The first-order valence-electron chi connectivity index (χ1n) is 7.33. The Labute approximate surface area is 115 Å². The number of fused-ring (bicyclic) bond motifs is 1. The molecule has 0 heterocycles. The minimum absolute atomic E-state index is 0.393. The highest BCUT2D eigenvalue weighted by Gasteiger charge is 2.31. The number of benzene rings is 1. The topological polar surface area (TPSA) is 50.4 Å². The Hall–Kier alpha value is -1.51. The summed E-state index contributed by atoms with van der Waals surface area (Å²) < 4.78 is 0. The van der Waals surface area contributed by atoms with Crippen LogP contribution in [0.4, 0.5) is 5.69 Å². The quantitative estimate of drug-likeness (QED) is 0.646. The summed E-state index contributed by atoms with van der Waals surface area (Å²) in [6.07, 6.45) is 7.59. The summed E-state index contributed by atoms with van der Waals surface area (Å²) in [5.41, 5.74) is 10.4. The van der Waals surface area contributed by atoms with Gasteiger partial charge >= 0.3 is 0 Å². The zero-order valence-electron chi connectivity index (χ0n) is 11.7. The van der Waals surface area contributed by atoms with Gasteiger partial charge in [-0.05, 0) is 60.8 Å². The van der Waals surface area contributed by atoms with Crippen molar-refractivity contribution in [2.75, 3.05) is 11.9 Å². The SMILES string of the molecule is CC1(CN=C(N)Nc2ccc3c(c2)CCC3)CCC1. The van der Waals surface area contributed by atoms with Gasteiger partial charge in [-0.3, -0.25) is 4.99 Å². The molecule has 1 saturated carbocycles. The van der Waals surface area contributed by atoms with Crippen LogP contribution in [0.25, 0.3) is 0 Å². The second-order valence-corrected chi connectivity index (χ2v) is 6.33. The van der Waals surface area contributed by atoms with Crippen LogP contribution in [0.15, 0.2) is 23.2 Å². The second-order valence-electron chi connectivity index (χ2n) is 6.33. The molecule has 3 N–H and O–H groups in total. The molecule has 3 rings (SSSR count). The van der Waals surface area contributed by atoms with Crippen molar-refractivity contribution in [3.63, 3.8) is 0 Å². The zero-order valence-corrected chi connectivity index (χ0v) is 11.7. The minimum Gasteiger partial charge on any atom is -0.370 e. The summed E-state index contributed by atoms with van der Waals surface area (Å²) in [4.78, 5) is 4.49. The first-order chi connectivity index (χ1) is 9.15. The van der Waals surface area contributed by atoms with Crippen molar-refractivity contribution in [3.05, 3.63) is 29.3 Å². The molecule has 0 amide bonds. The van der Waals surface area contributed by atoms with Gasteiger partial charge in [0.05, 0.1) is 0 Å². The maximum absolute atomic E-state index is 5.98. The van der Waals surface area contributed by atoms with Crippen LogP contribution in [0.5, 0.6) is 0 Å². The van der Waals surface area contributed by atoms with Crippen molar-refractivity contribution in [2.45, 2.75) is 45.4 Å². The van der Waals surface area contributed by atoms with E-state index in [4.69, 9.17) is 5.73 Å². The van der Waals surface area contributed by atoms with Crippen LogP contribution in [-0.4, -0.2) is 12.5 Å².